The fourth-order valence-electron chi connectivity index (χ4n) is 9.28. The topological polar surface area (TPSA) is 248 Å². The van der Waals surface area contributed by atoms with Crippen LogP contribution >= 0.6 is 23.2 Å². The maximum Gasteiger partial charge on any atom is 0.272 e. The number of aromatic hydroxyl groups is 2. The van der Waals surface area contributed by atoms with Crippen LogP contribution in [0.4, 0.5) is 28.4 Å². The number of furan rings is 1. The van der Waals surface area contributed by atoms with E-state index in [0.29, 0.717) is 57.2 Å². The number of halogens is 2. The van der Waals surface area contributed by atoms with E-state index in [-0.39, 0.29) is 69.0 Å². The van der Waals surface area contributed by atoms with Crippen molar-refractivity contribution >= 4 is 71.7 Å². The Morgan fingerprint density at radius 3 is 1.66 bits per heavy atom. The van der Waals surface area contributed by atoms with Gasteiger partial charge in [0.2, 0.25) is 20.0 Å². The van der Waals surface area contributed by atoms with Crippen LogP contribution in [0.1, 0.15) is 63.5 Å². The first-order valence-corrected chi connectivity index (χ1v) is 25.7. The van der Waals surface area contributed by atoms with Crippen LogP contribution in [-0.4, -0.2) is 117 Å². The lowest BCUT2D eigenvalue weighted by atomic mass is 10.1. The highest BCUT2D eigenvalue weighted by Crippen LogP contribution is 2.43. The van der Waals surface area contributed by atoms with Gasteiger partial charge < -0.3 is 35.3 Å². The van der Waals surface area contributed by atoms with Crippen molar-refractivity contribution < 1.29 is 36.2 Å². The van der Waals surface area contributed by atoms with E-state index < -0.39 is 63.1 Å². The van der Waals surface area contributed by atoms with Gasteiger partial charge in [0.05, 0.1) is 34.1 Å². The Morgan fingerprint density at radius 2 is 1.18 bits per heavy atom. The van der Waals surface area contributed by atoms with Gasteiger partial charge in [0.1, 0.15) is 38.4 Å². The molecule has 5 heterocycles. The van der Waals surface area contributed by atoms with Crippen molar-refractivity contribution in [1.82, 2.24) is 18.4 Å². The lowest BCUT2D eigenvalue weighted by Crippen LogP contribution is -2.51. The lowest BCUT2D eigenvalue weighted by molar-refractivity contribution is 0.158. The first kappa shape index (κ1) is 48.5. The molecule has 67 heavy (non-hydrogen) atoms. The molecule has 5 aromatic rings. The van der Waals surface area contributed by atoms with Gasteiger partial charge in [-0.1, -0.05) is 30.1 Å². The summed E-state index contributed by atoms with van der Waals surface area (Å²) in [7, 11) is -8.19. The zero-order valence-corrected chi connectivity index (χ0v) is 40.1. The molecule has 4 aromatic carbocycles. The summed E-state index contributed by atoms with van der Waals surface area (Å²) in [5.41, 5.74) is -3.28. The SMILES string of the molecule is CCOc1c(Nc2ccc(Cl)c(S(=O)(=O)N3CCN4CCCC4C3)c2O)c(=O)c1=O.CC[C@@H](Nc1c(Nc2ccc(Cl)c(S(=O)(=O)N3CCN4CCCC4C3)c2O)c(=O)c1=O)c1ccc(C)o1. The predicted octanol–water partition coefficient (Wildman–Crippen LogP) is 4.57. The summed E-state index contributed by atoms with van der Waals surface area (Å²) in [6.45, 7) is 9.98. The smallest absolute Gasteiger partial charge is 0.272 e. The van der Waals surface area contributed by atoms with E-state index in [1.54, 1.807) is 19.1 Å². The summed E-state index contributed by atoms with van der Waals surface area (Å²) in [6.07, 6.45) is 4.49. The number of phenolic OH excluding ortho intramolecular Hbond substituents is 2. The Morgan fingerprint density at radius 1 is 0.687 bits per heavy atom. The van der Waals surface area contributed by atoms with Crippen molar-refractivity contribution in [2.45, 2.75) is 80.8 Å². The first-order valence-electron chi connectivity index (χ1n) is 22.0. The fourth-order valence-corrected chi connectivity index (χ4v) is 13.4. The number of rotatable bonds is 14. The highest BCUT2D eigenvalue weighted by Gasteiger charge is 2.41. The van der Waals surface area contributed by atoms with Gasteiger partial charge in [-0.05, 0) is 95.4 Å². The highest BCUT2D eigenvalue weighted by molar-refractivity contribution is 7.89. The van der Waals surface area contributed by atoms with Crippen LogP contribution in [-0.2, 0) is 20.0 Å². The molecule has 0 bridgehead atoms. The molecule has 4 saturated heterocycles. The second-order valence-corrected chi connectivity index (χ2v) is 21.5. The van der Waals surface area contributed by atoms with Crippen LogP contribution in [0, 0.1) is 6.92 Å². The minimum atomic E-state index is -4.11. The maximum atomic E-state index is 13.5. The molecule has 4 fully saturated rings. The van der Waals surface area contributed by atoms with E-state index in [9.17, 15) is 46.2 Å². The third-order valence-electron chi connectivity index (χ3n) is 12.9. The Balaban J connectivity index is 0.000000186. The molecule has 3 atom stereocenters. The average Bonchev–Trinajstić information content (AvgIpc) is 4.09. The fraction of sp³-hybridized carbons (Fsp3) is 0.455. The molecule has 0 saturated carbocycles. The summed E-state index contributed by atoms with van der Waals surface area (Å²) in [5, 5.41) is 29.9. The number of sulfonamides is 2. The van der Waals surface area contributed by atoms with E-state index in [0.717, 1.165) is 38.8 Å². The van der Waals surface area contributed by atoms with Gasteiger partial charge in [-0.3, -0.25) is 29.0 Å². The number of ether oxygens (including phenoxy) is 1. The standard InChI is InChI=1S/C25H29ClN4O6S.C19H22ClN3O6S/c1-3-17(19-9-6-14(2)36-19)27-20-21(24(33)23(20)32)28-18-8-7-16(26)25(22(18)31)37(34,35)30-12-11-29-10-4-5-15(29)13-30;1-2-29-18-14(16(25)17(18)26)21-13-6-5-12(20)19(15(13)24)30(27,28)23-9-8-22-7-3-4-11(22)10-23/h6-9,15,17,27-28,31H,3-5,10-13H2,1-2H3;5-6,11,21,24H,2-4,7-10H2,1H3/t15?,17-;/m1./s1. The van der Waals surface area contributed by atoms with Crippen LogP contribution in [0.15, 0.2) is 69.8 Å². The minimum absolute atomic E-state index is 0.0421. The summed E-state index contributed by atoms with van der Waals surface area (Å²) in [6, 6.07) is 8.94. The molecule has 9 rings (SSSR count). The number of anilines is 5. The quantitative estimate of drug-likeness (QED) is 0.0755. The Kier molecular flexibility index (Phi) is 13.9. The van der Waals surface area contributed by atoms with Crippen molar-refractivity contribution in [1.29, 1.82) is 0 Å². The molecule has 23 heteroatoms. The number of phenols is 2. The summed E-state index contributed by atoms with van der Waals surface area (Å²) in [5.74, 6) is -0.0173. The second-order valence-electron chi connectivity index (χ2n) is 16.9. The molecule has 0 amide bonds. The van der Waals surface area contributed by atoms with Crippen LogP contribution in [0.5, 0.6) is 17.2 Å². The van der Waals surface area contributed by atoms with Crippen molar-refractivity contribution in [3.8, 4) is 17.2 Å². The van der Waals surface area contributed by atoms with Crippen molar-refractivity contribution in [3.05, 3.63) is 98.9 Å². The average molecular weight is 1000 g/mol. The summed E-state index contributed by atoms with van der Waals surface area (Å²) < 4.78 is 67.2. The monoisotopic (exact) mass is 1000 g/mol. The third kappa shape index (κ3) is 9.07. The Hall–Kier alpha value is -5.00. The van der Waals surface area contributed by atoms with E-state index in [2.05, 4.69) is 25.8 Å². The molecule has 4 aliphatic rings. The molecular formula is C44H51Cl2N7O12S2. The Labute approximate surface area is 396 Å². The van der Waals surface area contributed by atoms with Crippen LogP contribution < -0.4 is 42.4 Å². The van der Waals surface area contributed by atoms with Crippen molar-refractivity contribution in [3.63, 3.8) is 0 Å². The maximum absolute atomic E-state index is 13.5. The predicted molar refractivity (Wildman–Crippen MR) is 253 cm³/mol. The van der Waals surface area contributed by atoms with Gasteiger partial charge in [0.25, 0.3) is 21.7 Å². The molecular weight excluding hydrogens is 954 g/mol. The molecule has 0 spiro atoms. The van der Waals surface area contributed by atoms with Gasteiger partial charge in [-0.2, -0.15) is 8.61 Å². The number of hydrogen-bond acceptors (Lipinski definition) is 17. The van der Waals surface area contributed by atoms with Crippen LogP contribution in [0.2, 0.25) is 10.0 Å². The van der Waals surface area contributed by atoms with Crippen molar-refractivity contribution in [2.75, 3.05) is 74.9 Å². The second kappa shape index (κ2) is 19.2. The van der Waals surface area contributed by atoms with E-state index in [4.69, 9.17) is 32.4 Å². The van der Waals surface area contributed by atoms with Gasteiger partial charge in [-0.25, -0.2) is 16.8 Å². The van der Waals surface area contributed by atoms with Gasteiger partial charge in [-0.15, -0.1) is 0 Å². The third-order valence-corrected chi connectivity index (χ3v) is 17.6. The zero-order chi connectivity index (χ0) is 48.1. The molecule has 2 unspecified atom stereocenters. The molecule has 1 aromatic heterocycles. The van der Waals surface area contributed by atoms with E-state index in [1.807, 2.05) is 13.8 Å². The van der Waals surface area contributed by atoms with E-state index >= 15 is 0 Å². The molecule has 0 radical (unpaired) electrons. The van der Waals surface area contributed by atoms with Gasteiger partial charge >= 0.3 is 0 Å². The first-order chi connectivity index (χ1) is 31.9. The lowest BCUT2D eigenvalue weighted by Gasteiger charge is -2.36. The van der Waals surface area contributed by atoms with Gasteiger partial charge in [0.15, 0.2) is 17.2 Å². The molecule has 0 aliphatic carbocycles. The number of nitrogens with one attached hydrogen (secondary N) is 3. The number of nitrogens with zero attached hydrogens (tertiary/aromatic N) is 4. The summed E-state index contributed by atoms with van der Waals surface area (Å²) in [4.78, 5) is 52.0. The van der Waals surface area contributed by atoms with Gasteiger partial charge in [0, 0.05) is 51.4 Å². The molecule has 19 nitrogen and oxygen atoms in total. The number of piperazine rings is 2. The largest absolute Gasteiger partial charge is 0.504 e. The zero-order valence-electron chi connectivity index (χ0n) is 36.9. The Bertz CT molecular complexity index is 3070. The number of fused-ring (bicyclic) bond motifs is 2. The normalized spacial score (nSPS) is 20.0. The summed E-state index contributed by atoms with van der Waals surface area (Å²) >= 11 is 12.4. The van der Waals surface area contributed by atoms with Crippen molar-refractivity contribution in [2.24, 2.45) is 0 Å². The highest BCUT2D eigenvalue weighted by atomic mass is 35.5. The van der Waals surface area contributed by atoms with E-state index in [1.165, 1.54) is 32.9 Å². The molecule has 4 aliphatic heterocycles. The minimum Gasteiger partial charge on any atom is -0.504 e. The molecule has 360 valence electrons. The number of aryl methyl sites for hydroxylation is 1. The number of hydrogen-bond donors (Lipinski definition) is 5. The number of benzene rings is 2. The molecule has 5 N–H and O–H groups in total. The van der Waals surface area contributed by atoms with Crippen LogP contribution in [0.25, 0.3) is 0 Å². The van der Waals surface area contributed by atoms with Crippen LogP contribution in [0.3, 0.4) is 0 Å².